The number of carbonyl (C=O) groups is 1. The van der Waals surface area contributed by atoms with Gasteiger partial charge in [0.15, 0.2) is 0 Å². The summed E-state index contributed by atoms with van der Waals surface area (Å²) in [7, 11) is -3.20. The topological polar surface area (TPSA) is 72.8 Å². The maximum Gasteiger partial charge on any atom is 0.331 e. The number of hydrogen-bond donors (Lipinski definition) is 1. The van der Waals surface area contributed by atoms with Gasteiger partial charge in [0.2, 0.25) is 0 Å². The Bertz CT molecular complexity index is 313. The Balaban J connectivity index is 4.34. The van der Waals surface area contributed by atoms with Crippen LogP contribution in [0.15, 0.2) is 12.2 Å². The summed E-state index contributed by atoms with van der Waals surface area (Å²) in [6.45, 7) is 8.19. The molecule has 0 amide bonds. The van der Waals surface area contributed by atoms with Crippen LogP contribution in [0.4, 0.5) is 0 Å². The summed E-state index contributed by atoms with van der Waals surface area (Å²) in [6.07, 6.45) is 3.69. The fourth-order valence-electron chi connectivity index (χ4n) is 1.24. The number of carboxylic acids is 1. The molecule has 0 aromatic carbocycles. The maximum atomic E-state index is 12.4. The third-order valence-electron chi connectivity index (χ3n) is 2.56. The van der Waals surface area contributed by atoms with E-state index < -0.39 is 13.6 Å². The Morgan fingerprint density at radius 3 is 2.00 bits per heavy atom. The molecule has 0 aromatic heterocycles. The molecule has 112 valence electrons. The Morgan fingerprint density at radius 1 is 1.16 bits per heavy atom. The van der Waals surface area contributed by atoms with Gasteiger partial charge in [-0.25, -0.2) is 4.79 Å². The van der Waals surface area contributed by atoms with E-state index in [9.17, 15) is 9.36 Å². The van der Waals surface area contributed by atoms with E-state index in [1.807, 2.05) is 13.8 Å². The standard InChI is InChI=1S/C13H25O5P/c1-4-6-9-17-19(16,18-10-7-5-2)11-8-12(3)13(14)15/h3-11H2,1-2H3,(H,14,15). The van der Waals surface area contributed by atoms with Gasteiger partial charge in [-0.05, 0) is 19.3 Å². The highest BCUT2D eigenvalue weighted by atomic mass is 31.2. The van der Waals surface area contributed by atoms with E-state index in [-0.39, 0.29) is 18.2 Å². The van der Waals surface area contributed by atoms with Gasteiger partial charge in [-0.2, -0.15) is 0 Å². The van der Waals surface area contributed by atoms with Crippen LogP contribution in [0.3, 0.4) is 0 Å². The van der Waals surface area contributed by atoms with Crippen molar-refractivity contribution in [3.8, 4) is 0 Å². The fourth-order valence-corrected chi connectivity index (χ4v) is 2.93. The summed E-state index contributed by atoms with van der Waals surface area (Å²) in [5.41, 5.74) is 0.0263. The molecule has 0 rings (SSSR count). The minimum Gasteiger partial charge on any atom is -0.478 e. The highest BCUT2D eigenvalue weighted by Crippen LogP contribution is 2.49. The lowest BCUT2D eigenvalue weighted by molar-refractivity contribution is -0.132. The van der Waals surface area contributed by atoms with Crippen LogP contribution in [-0.2, 0) is 18.4 Å². The van der Waals surface area contributed by atoms with E-state index >= 15 is 0 Å². The highest BCUT2D eigenvalue weighted by molar-refractivity contribution is 7.53. The van der Waals surface area contributed by atoms with Crippen molar-refractivity contribution in [3.05, 3.63) is 12.2 Å². The van der Waals surface area contributed by atoms with Crippen molar-refractivity contribution in [1.82, 2.24) is 0 Å². The highest BCUT2D eigenvalue weighted by Gasteiger charge is 2.25. The van der Waals surface area contributed by atoms with Crippen LogP contribution in [0.25, 0.3) is 0 Å². The van der Waals surface area contributed by atoms with Gasteiger partial charge in [0, 0.05) is 5.57 Å². The second-order valence-electron chi connectivity index (χ2n) is 4.37. The third kappa shape index (κ3) is 8.98. The SMILES string of the molecule is C=C(CCP(=O)(OCCCC)OCCCC)C(=O)O. The van der Waals surface area contributed by atoms with E-state index in [1.54, 1.807) is 0 Å². The van der Waals surface area contributed by atoms with Crippen LogP contribution < -0.4 is 0 Å². The Labute approximate surface area is 115 Å². The van der Waals surface area contributed by atoms with Gasteiger partial charge in [-0.15, -0.1) is 0 Å². The normalized spacial score (nSPS) is 11.5. The molecule has 0 radical (unpaired) electrons. The van der Waals surface area contributed by atoms with E-state index in [4.69, 9.17) is 14.2 Å². The molecule has 0 saturated carbocycles. The van der Waals surface area contributed by atoms with E-state index in [0.717, 1.165) is 25.7 Å². The molecule has 5 nitrogen and oxygen atoms in total. The zero-order chi connectivity index (χ0) is 14.7. The summed E-state index contributed by atoms with van der Waals surface area (Å²) in [6, 6.07) is 0. The van der Waals surface area contributed by atoms with Gasteiger partial charge in [0.25, 0.3) is 0 Å². The molecule has 0 aliphatic rings. The maximum absolute atomic E-state index is 12.4. The molecule has 0 bridgehead atoms. The number of aliphatic carboxylic acids is 1. The molecular weight excluding hydrogens is 267 g/mol. The van der Waals surface area contributed by atoms with Crippen molar-refractivity contribution in [2.24, 2.45) is 0 Å². The summed E-state index contributed by atoms with van der Waals surface area (Å²) in [5.74, 6) is -1.08. The second kappa shape index (κ2) is 10.2. The number of rotatable bonds is 12. The molecule has 0 aliphatic carbocycles. The minimum atomic E-state index is -3.20. The van der Waals surface area contributed by atoms with Gasteiger partial charge in [0.1, 0.15) is 0 Å². The van der Waals surface area contributed by atoms with Gasteiger partial charge >= 0.3 is 13.6 Å². The van der Waals surface area contributed by atoms with Crippen molar-refractivity contribution in [3.63, 3.8) is 0 Å². The molecule has 19 heavy (non-hydrogen) atoms. The quantitative estimate of drug-likeness (QED) is 0.336. The monoisotopic (exact) mass is 292 g/mol. The van der Waals surface area contributed by atoms with Crippen LogP contribution in [0.2, 0.25) is 0 Å². The van der Waals surface area contributed by atoms with Crippen LogP contribution in [0, 0.1) is 0 Å². The summed E-state index contributed by atoms with van der Waals surface area (Å²) in [4.78, 5) is 10.7. The molecule has 0 aromatic rings. The first-order valence-electron chi connectivity index (χ1n) is 6.74. The molecule has 6 heteroatoms. The Morgan fingerprint density at radius 2 is 1.63 bits per heavy atom. The number of unbranched alkanes of at least 4 members (excludes halogenated alkanes) is 2. The average molecular weight is 292 g/mol. The van der Waals surface area contributed by atoms with E-state index in [0.29, 0.717) is 13.2 Å². The predicted octanol–water partition coefficient (Wildman–Crippen LogP) is 3.84. The lowest BCUT2D eigenvalue weighted by Crippen LogP contribution is -2.06. The molecule has 0 fully saturated rings. The largest absolute Gasteiger partial charge is 0.478 e. The Hall–Kier alpha value is -0.640. The molecular formula is C13H25O5P. The van der Waals surface area contributed by atoms with Crippen LogP contribution in [-0.4, -0.2) is 30.5 Å². The summed E-state index contributed by atoms with van der Waals surface area (Å²) in [5, 5.41) is 8.74. The van der Waals surface area contributed by atoms with Crippen molar-refractivity contribution in [2.75, 3.05) is 19.4 Å². The number of hydrogen-bond acceptors (Lipinski definition) is 4. The molecule has 0 unspecified atom stereocenters. The van der Waals surface area contributed by atoms with E-state index in [1.165, 1.54) is 0 Å². The predicted molar refractivity (Wildman–Crippen MR) is 75.6 cm³/mol. The van der Waals surface area contributed by atoms with Crippen LogP contribution in [0.5, 0.6) is 0 Å². The molecule has 0 atom stereocenters. The zero-order valence-electron chi connectivity index (χ0n) is 11.9. The smallest absolute Gasteiger partial charge is 0.331 e. The van der Waals surface area contributed by atoms with Crippen molar-refractivity contribution in [1.29, 1.82) is 0 Å². The van der Waals surface area contributed by atoms with Crippen molar-refractivity contribution < 1.29 is 23.5 Å². The first-order valence-corrected chi connectivity index (χ1v) is 8.47. The van der Waals surface area contributed by atoms with E-state index in [2.05, 4.69) is 6.58 Å². The second-order valence-corrected chi connectivity index (χ2v) is 6.55. The van der Waals surface area contributed by atoms with Crippen LogP contribution in [0.1, 0.15) is 46.0 Å². The minimum absolute atomic E-state index is 0.0263. The lowest BCUT2D eigenvalue weighted by atomic mass is 10.2. The van der Waals surface area contributed by atoms with Crippen molar-refractivity contribution >= 4 is 13.6 Å². The molecule has 0 aliphatic heterocycles. The lowest BCUT2D eigenvalue weighted by Gasteiger charge is -2.18. The van der Waals surface area contributed by atoms with Crippen molar-refractivity contribution in [2.45, 2.75) is 46.0 Å². The first-order chi connectivity index (χ1) is 8.95. The number of carboxylic acid groups (broad SMARTS) is 1. The van der Waals surface area contributed by atoms with Gasteiger partial charge in [0.05, 0.1) is 19.4 Å². The molecule has 0 saturated heterocycles. The summed E-state index contributed by atoms with van der Waals surface area (Å²) >= 11 is 0. The zero-order valence-corrected chi connectivity index (χ0v) is 12.8. The van der Waals surface area contributed by atoms with Gasteiger partial charge < -0.3 is 14.2 Å². The Kier molecular flexibility index (Phi) is 9.84. The molecule has 1 N–H and O–H groups in total. The average Bonchev–Trinajstić information content (AvgIpc) is 2.36. The summed E-state index contributed by atoms with van der Waals surface area (Å²) < 4.78 is 23.1. The van der Waals surface area contributed by atoms with Crippen LogP contribution >= 0.6 is 7.60 Å². The van der Waals surface area contributed by atoms with Gasteiger partial charge in [-0.1, -0.05) is 33.3 Å². The fraction of sp³-hybridized carbons (Fsp3) is 0.769. The third-order valence-corrected chi connectivity index (χ3v) is 4.48. The van der Waals surface area contributed by atoms with Gasteiger partial charge in [-0.3, -0.25) is 4.57 Å². The first kappa shape index (κ1) is 18.4. The molecule has 0 heterocycles. The molecule has 0 spiro atoms.